The van der Waals surface area contributed by atoms with Crippen LogP contribution in [-0.4, -0.2) is 79.4 Å². The summed E-state index contributed by atoms with van der Waals surface area (Å²) in [4.78, 5) is 37.9. The molecule has 0 aromatic carbocycles. The van der Waals surface area contributed by atoms with Crippen molar-refractivity contribution in [1.29, 1.82) is 0 Å². The maximum atomic E-state index is 12.2. The lowest BCUT2D eigenvalue weighted by atomic mass is 9.98. The Morgan fingerprint density at radius 2 is 2.12 bits per heavy atom. The van der Waals surface area contributed by atoms with E-state index in [2.05, 4.69) is 10.3 Å². The number of carboxylic acids is 1. The highest BCUT2D eigenvalue weighted by molar-refractivity contribution is 5.87. The fourth-order valence-corrected chi connectivity index (χ4v) is 2.59. The number of hydrogen-bond donors (Lipinski definition) is 6. The summed E-state index contributed by atoms with van der Waals surface area (Å²) in [7, 11) is 0. The smallest absolute Gasteiger partial charge is 0.349 e. The second kappa shape index (κ2) is 8.23. The molecule has 144 valence electrons. The maximum Gasteiger partial charge on any atom is 0.349 e. The standard InChI is InChI=1S/C14H20N4O8/c15-13(24)6(3-10(20)21)16-9-1-2-18(14(25)17-9)7-5-26-8(4-19)12(23)11(7)22/h1-2,6-8,11-12,19,22-23H,3-5H2,(H2,15,24)(H,20,21)(H,16,17,25)/t6-,7+,8+,11?,12?/m0/s1. The van der Waals surface area contributed by atoms with Crippen LogP contribution in [0.15, 0.2) is 17.1 Å². The van der Waals surface area contributed by atoms with Gasteiger partial charge in [0.05, 0.1) is 25.7 Å². The molecule has 2 rings (SSSR count). The first-order chi connectivity index (χ1) is 12.2. The van der Waals surface area contributed by atoms with Gasteiger partial charge in [-0.1, -0.05) is 0 Å². The topological polar surface area (TPSA) is 197 Å². The van der Waals surface area contributed by atoms with Crippen molar-refractivity contribution in [1.82, 2.24) is 9.55 Å². The Bertz CT molecular complexity index is 723. The molecule has 1 aromatic rings. The molecule has 26 heavy (non-hydrogen) atoms. The lowest BCUT2D eigenvalue weighted by Gasteiger charge is -2.37. The Balaban J connectivity index is 2.18. The van der Waals surface area contributed by atoms with Gasteiger partial charge in [0, 0.05) is 6.20 Å². The SMILES string of the molecule is NC(=O)[C@H](CC(=O)O)Nc1ccn([C@@H]2CO[C@H](CO)C(O)C2O)c(=O)n1. The summed E-state index contributed by atoms with van der Waals surface area (Å²) in [5.41, 5.74) is 4.28. The number of carbonyl (C=O) groups excluding carboxylic acids is 1. The highest BCUT2D eigenvalue weighted by Gasteiger charge is 2.39. The van der Waals surface area contributed by atoms with Crippen LogP contribution in [0.3, 0.4) is 0 Å². The molecule has 5 atom stereocenters. The van der Waals surface area contributed by atoms with Crippen molar-refractivity contribution in [3.8, 4) is 0 Å². The number of carboxylic acid groups (broad SMARTS) is 1. The first-order valence-electron chi connectivity index (χ1n) is 7.70. The average molecular weight is 372 g/mol. The number of anilines is 1. The zero-order valence-corrected chi connectivity index (χ0v) is 13.6. The fourth-order valence-electron chi connectivity index (χ4n) is 2.59. The van der Waals surface area contributed by atoms with Crippen LogP contribution < -0.4 is 16.7 Å². The van der Waals surface area contributed by atoms with Gasteiger partial charge in [-0.15, -0.1) is 0 Å². The van der Waals surface area contributed by atoms with Gasteiger partial charge in [-0.05, 0) is 6.07 Å². The van der Waals surface area contributed by atoms with Gasteiger partial charge < -0.3 is 36.2 Å². The summed E-state index contributed by atoms with van der Waals surface area (Å²) in [5, 5.41) is 40.3. The van der Waals surface area contributed by atoms with Crippen LogP contribution in [-0.2, 0) is 14.3 Å². The maximum absolute atomic E-state index is 12.2. The molecule has 7 N–H and O–H groups in total. The zero-order valence-electron chi connectivity index (χ0n) is 13.6. The molecule has 1 aromatic heterocycles. The fraction of sp³-hybridized carbons (Fsp3) is 0.571. The minimum Gasteiger partial charge on any atom is -0.481 e. The Labute approximate surface area is 146 Å². The molecule has 12 nitrogen and oxygen atoms in total. The number of aliphatic hydroxyl groups excluding tert-OH is 3. The molecular weight excluding hydrogens is 352 g/mol. The first-order valence-corrected chi connectivity index (χ1v) is 7.70. The Morgan fingerprint density at radius 3 is 2.65 bits per heavy atom. The van der Waals surface area contributed by atoms with E-state index in [9.17, 15) is 24.6 Å². The quantitative estimate of drug-likeness (QED) is 0.281. The minimum absolute atomic E-state index is 0.0729. The van der Waals surface area contributed by atoms with Gasteiger partial charge in [0.15, 0.2) is 0 Å². The minimum atomic E-state index is -1.39. The molecule has 0 saturated carbocycles. The summed E-state index contributed by atoms with van der Waals surface area (Å²) in [6.07, 6.45) is -3.06. The summed E-state index contributed by atoms with van der Waals surface area (Å²) in [5.74, 6) is -2.26. The summed E-state index contributed by atoms with van der Waals surface area (Å²) >= 11 is 0. The summed E-state index contributed by atoms with van der Waals surface area (Å²) in [6, 6.07) is -0.907. The van der Waals surface area contributed by atoms with Crippen molar-refractivity contribution in [2.24, 2.45) is 5.73 Å². The van der Waals surface area contributed by atoms with Crippen LogP contribution in [0.25, 0.3) is 0 Å². The summed E-state index contributed by atoms with van der Waals surface area (Å²) in [6.45, 7) is -0.625. The van der Waals surface area contributed by atoms with Crippen molar-refractivity contribution in [3.63, 3.8) is 0 Å². The first kappa shape index (κ1) is 19.8. The molecule has 0 spiro atoms. The molecule has 12 heteroatoms. The number of nitrogens with zero attached hydrogens (tertiary/aromatic N) is 2. The number of aliphatic hydroxyl groups is 3. The van der Waals surface area contributed by atoms with Gasteiger partial charge in [-0.3, -0.25) is 14.2 Å². The van der Waals surface area contributed by atoms with E-state index in [1.165, 1.54) is 12.3 Å². The van der Waals surface area contributed by atoms with Gasteiger partial charge in [0.25, 0.3) is 0 Å². The second-order valence-electron chi connectivity index (χ2n) is 5.80. The number of aromatic nitrogens is 2. The number of primary amides is 1. The number of hydrogen-bond acceptors (Lipinski definition) is 9. The number of amides is 1. The van der Waals surface area contributed by atoms with Crippen molar-refractivity contribution in [2.45, 2.75) is 36.8 Å². The molecule has 2 heterocycles. The van der Waals surface area contributed by atoms with Crippen LogP contribution in [0.2, 0.25) is 0 Å². The third-order valence-corrected chi connectivity index (χ3v) is 4.02. The van der Waals surface area contributed by atoms with Gasteiger partial charge >= 0.3 is 11.7 Å². The van der Waals surface area contributed by atoms with Gasteiger partial charge in [-0.2, -0.15) is 4.98 Å². The molecule has 1 fully saturated rings. The third-order valence-electron chi connectivity index (χ3n) is 4.02. The van der Waals surface area contributed by atoms with Gasteiger partial charge in [0.2, 0.25) is 5.91 Å². The Hall–Kier alpha value is -2.54. The van der Waals surface area contributed by atoms with Crippen LogP contribution in [0, 0.1) is 0 Å². The van der Waals surface area contributed by atoms with E-state index in [1.54, 1.807) is 0 Å². The number of aliphatic carboxylic acids is 1. The van der Waals surface area contributed by atoms with Crippen molar-refractivity contribution in [3.05, 3.63) is 22.7 Å². The molecule has 0 radical (unpaired) electrons. The van der Waals surface area contributed by atoms with Gasteiger partial charge in [0.1, 0.15) is 30.2 Å². The van der Waals surface area contributed by atoms with Crippen LogP contribution in [0.5, 0.6) is 0 Å². The van der Waals surface area contributed by atoms with Crippen molar-refractivity contribution in [2.75, 3.05) is 18.5 Å². The van der Waals surface area contributed by atoms with Gasteiger partial charge in [-0.25, -0.2) is 4.79 Å². The lowest BCUT2D eigenvalue weighted by Crippen LogP contribution is -2.53. The van der Waals surface area contributed by atoms with Crippen LogP contribution in [0.4, 0.5) is 5.82 Å². The summed E-state index contributed by atoms with van der Waals surface area (Å²) < 4.78 is 6.24. The second-order valence-corrected chi connectivity index (χ2v) is 5.80. The molecule has 1 amide bonds. The Morgan fingerprint density at radius 1 is 1.42 bits per heavy atom. The van der Waals surface area contributed by atoms with Crippen LogP contribution >= 0.6 is 0 Å². The van der Waals surface area contributed by atoms with E-state index < -0.39 is 61.0 Å². The van der Waals surface area contributed by atoms with E-state index in [4.69, 9.17) is 20.7 Å². The zero-order chi connectivity index (χ0) is 19.4. The molecular formula is C14H20N4O8. The lowest BCUT2D eigenvalue weighted by molar-refractivity contribution is -0.170. The average Bonchev–Trinajstić information content (AvgIpc) is 2.57. The van der Waals surface area contributed by atoms with E-state index in [0.29, 0.717) is 0 Å². The largest absolute Gasteiger partial charge is 0.481 e. The normalized spacial score (nSPS) is 26.9. The van der Waals surface area contributed by atoms with E-state index in [1.807, 2.05) is 0 Å². The monoisotopic (exact) mass is 372 g/mol. The molecule has 1 saturated heterocycles. The number of nitrogens with one attached hydrogen (secondary N) is 1. The van der Waals surface area contributed by atoms with Crippen molar-refractivity contribution >= 4 is 17.7 Å². The number of carbonyl (C=O) groups is 2. The van der Waals surface area contributed by atoms with E-state index in [0.717, 1.165) is 4.57 Å². The third kappa shape index (κ3) is 4.35. The molecule has 0 bridgehead atoms. The number of ether oxygens (including phenoxy) is 1. The molecule has 0 aliphatic carbocycles. The van der Waals surface area contributed by atoms with E-state index in [-0.39, 0.29) is 12.4 Å². The highest BCUT2D eigenvalue weighted by Crippen LogP contribution is 2.23. The number of rotatable bonds is 7. The van der Waals surface area contributed by atoms with Crippen molar-refractivity contribution < 1.29 is 34.8 Å². The highest BCUT2D eigenvalue weighted by atomic mass is 16.5. The molecule has 2 unspecified atom stereocenters. The van der Waals surface area contributed by atoms with E-state index >= 15 is 0 Å². The molecule has 1 aliphatic rings. The molecule has 1 aliphatic heterocycles. The number of nitrogens with two attached hydrogens (primary N) is 1. The predicted molar refractivity (Wildman–Crippen MR) is 85.2 cm³/mol. The Kier molecular flexibility index (Phi) is 6.26. The van der Waals surface area contributed by atoms with Crippen LogP contribution in [0.1, 0.15) is 12.5 Å². The predicted octanol–water partition coefficient (Wildman–Crippen LogP) is -3.36.